The van der Waals surface area contributed by atoms with Crippen molar-refractivity contribution in [2.24, 2.45) is 0 Å². The molecule has 0 N–H and O–H groups in total. The monoisotopic (exact) mass is 273 g/mol. The molecular weight excluding hydrogens is 250 g/mol. The van der Waals surface area contributed by atoms with E-state index >= 15 is 0 Å². The van der Waals surface area contributed by atoms with Crippen LogP contribution in [0.3, 0.4) is 0 Å². The van der Waals surface area contributed by atoms with Crippen LogP contribution in [0.5, 0.6) is 0 Å². The van der Waals surface area contributed by atoms with E-state index in [1.165, 1.54) is 17.3 Å². The second kappa shape index (κ2) is 6.05. The fourth-order valence-electron chi connectivity index (χ4n) is 1.25. The molecule has 0 radical (unpaired) electrons. The highest BCUT2D eigenvalue weighted by molar-refractivity contribution is 7.99. The van der Waals surface area contributed by atoms with Gasteiger partial charge in [-0.3, -0.25) is 0 Å². The van der Waals surface area contributed by atoms with Gasteiger partial charge in [0.05, 0.1) is 0 Å². The van der Waals surface area contributed by atoms with E-state index in [4.69, 9.17) is 0 Å². The summed E-state index contributed by atoms with van der Waals surface area (Å²) in [4.78, 5) is 6.87. The molecule has 3 nitrogen and oxygen atoms in total. The van der Waals surface area contributed by atoms with Crippen LogP contribution in [-0.2, 0) is 5.41 Å². The third kappa shape index (κ3) is 4.14. The molecule has 1 aromatic heterocycles. The third-order valence-corrected chi connectivity index (χ3v) is 4.55. The van der Waals surface area contributed by atoms with Crippen molar-refractivity contribution in [2.45, 2.75) is 46.1 Å². The number of aromatic nitrogens is 2. The molecule has 0 aliphatic carbocycles. The summed E-state index contributed by atoms with van der Waals surface area (Å²) in [6, 6.07) is 0.501. The summed E-state index contributed by atoms with van der Waals surface area (Å²) in [6.45, 7) is 10.9. The largest absolute Gasteiger partial charge is 0.346 e. The summed E-state index contributed by atoms with van der Waals surface area (Å²) >= 11 is 3.47. The van der Waals surface area contributed by atoms with E-state index in [-0.39, 0.29) is 5.41 Å². The zero-order valence-corrected chi connectivity index (χ0v) is 13.3. The zero-order chi connectivity index (χ0) is 13.1. The molecule has 0 fully saturated rings. The lowest BCUT2D eigenvalue weighted by molar-refractivity contribution is 0.554. The molecule has 0 amide bonds. The maximum Gasteiger partial charge on any atom is 0.205 e. The van der Waals surface area contributed by atoms with Crippen LogP contribution in [-0.4, -0.2) is 34.0 Å². The minimum Gasteiger partial charge on any atom is -0.346 e. The van der Waals surface area contributed by atoms with Crippen molar-refractivity contribution in [2.75, 3.05) is 23.5 Å². The van der Waals surface area contributed by atoms with Crippen molar-refractivity contribution in [3.8, 4) is 0 Å². The molecule has 0 aromatic carbocycles. The van der Waals surface area contributed by atoms with E-state index in [9.17, 15) is 0 Å². The third-order valence-electron chi connectivity index (χ3n) is 2.61. The van der Waals surface area contributed by atoms with Gasteiger partial charge in [0.15, 0.2) is 0 Å². The van der Waals surface area contributed by atoms with Gasteiger partial charge in [-0.2, -0.15) is 16.1 Å². The molecule has 98 valence electrons. The Hall–Kier alpha value is -0.290. The van der Waals surface area contributed by atoms with Gasteiger partial charge in [0, 0.05) is 35.8 Å². The quantitative estimate of drug-likeness (QED) is 0.822. The summed E-state index contributed by atoms with van der Waals surface area (Å²) in [5.74, 6) is 3.25. The zero-order valence-electron chi connectivity index (χ0n) is 11.6. The average molecular weight is 273 g/mol. The highest BCUT2D eigenvalue weighted by Crippen LogP contribution is 2.26. The molecule has 0 spiro atoms. The van der Waals surface area contributed by atoms with Gasteiger partial charge in [-0.1, -0.05) is 27.7 Å². The van der Waals surface area contributed by atoms with Crippen LogP contribution in [0.4, 0.5) is 5.13 Å². The van der Waals surface area contributed by atoms with Gasteiger partial charge in [0.1, 0.15) is 5.82 Å². The van der Waals surface area contributed by atoms with Gasteiger partial charge in [-0.15, -0.1) is 0 Å². The topological polar surface area (TPSA) is 29.0 Å². The SMILES string of the molecule is CCSCC(C)N(C)c1nc(C(C)(C)C)ns1. The van der Waals surface area contributed by atoms with E-state index in [1.807, 2.05) is 11.8 Å². The van der Waals surface area contributed by atoms with E-state index in [2.05, 4.69) is 55.9 Å². The first-order chi connectivity index (χ1) is 7.86. The van der Waals surface area contributed by atoms with E-state index in [1.54, 1.807) is 0 Å². The molecule has 1 rings (SSSR count). The molecule has 17 heavy (non-hydrogen) atoms. The molecule has 1 unspecified atom stereocenters. The molecule has 0 aliphatic heterocycles. The minimum atomic E-state index is 0.0387. The summed E-state index contributed by atoms with van der Waals surface area (Å²) < 4.78 is 4.45. The maximum absolute atomic E-state index is 4.63. The van der Waals surface area contributed by atoms with Crippen LogP contribution in [0.15, 0.2) is 0 Å². The normalized spacial score (nSPS) is 13.8. The second-order valence-corrected chi connectivity index (χ2v) is 7.32. The van der Waals surface area contributed by atoms with Crippen molar-refractivity contribution in [3.63, 3.8) is 0 Å². The number of anilines is 1. The Morgan fingerprint density at radius 3 is 2.53 bits per heavy atom. The minimum absolute atomic E-state index is 0.0387. The predicted octanol–water partition coefficient (Wildman–Crippen LogP) is 3.41. The van der Waals surface area contributed by atoms with Gasteiger partial charge < -0.3 is 4.90 Å². The predicted molar refractivity (Wildman–Crippen MR) is 79.5 cm³/mol. The van der Waals surface area contributed by atoms with E-state index < -0.39 is 0 Å². The molecular formula is C12H23N3S2. The Balaban J connectivity index is 2.69. The Bertz CT molecular complexity index is 344. The summed E-state index contributed by atoms with van der Waals surface area (Å²) in [5, 5.41) is 1.03. The summed E-state index contributed by atoms with van der Waals surface area (Å²) in [5.41, 5.74) is 0.0387. The molecule has 1 atom stereocenters. The van der Waals surface area contributed by atoms with E-state index in [0.717, 1.165) is 16.7 Å². The first kappa shape index (κ1) is 14.8. The molecule has 0 saturated carbocycles. The average Bonchev–Trinajstić information content (AvgIpc) is 2.73. The molecule has 0 saturated heterocycles. The first-order valence-corrected chi connectivity index (χ1v) is 7.93. The number of hydrogen-bond donors (Lipinski definition) is 0. The van der Waals surface area contributed by atoms with Crippen LogP contribution < -0.4 is 4.90 Å². The van der Waals surface area contributed by atoms with Crippen LogP contribution in [0, 0.1) is 0 Å². The van der Waals surface area contributed by atoms with Crippen molar-refractivity contribution in [1.82, 2.24) is 9.36 Å². The number of nitrogens with zero attached hydrogens (tertiary/aromatic N) is 3. The fraction of sp³-hybridized carbons (Fsp3) is 0.833. The van der Waals surface area contributed by atoms with Crippen molar-refractivity contribution >= 4 is 28.4 Å². The maximum atomic E-state index is 4.63. The van der Waals surface area contributed by atoms with Gasteiger partial charge in [0.25, 0.3) is 0 Å². The smallest absolute Gasteiger partial charge is 0.205 e. The lowest BCUT2D eigenvalue weighted by Gasteiger charge is -2.23. The standard InChI is InChI=1S/C12H23N3S2/c1-7-16-8-9(2)15(6)11-13-10(14-17-11)12(3,4)5/h9H,7-8H2,1-6H3. The van der Waals surface area contributed by atoms with Crippen LogP contribution in [0.25, 0.3) is 0 Å². The summed E-state index contributed by atoms with van der Waals surface area (Å²) in [7, 11) is 2.10. The lowest BCUT2D eigenvalue weighted by Crippen LogP contribution is -2.31. The van der Waals surface area contributed by atoms with Gasteiger partial charge >= 0.3 is 0 Å². The Morgan fingerprint density at radius 2 is 2.06 bits per heavy atom. The van der Waals surface area contributed by atoms with Gasteiger partial charge in [0.2, 0.25) is 5.13 Å². The second-order valence-electron chi connectivity index (χ2n) is 5.27. The molecule has 1 heterocycles. The Labute approximate surface area is 113 Å². The van der Waals surface area contributed by atoms with Crippen LogP contribution >= 0.6 is 23.3 Å². The summed E-state index contributed by atoms with van der Waals surface area (Å²) in [6.07, 6.45) is 0. The number of hydrogen-bond acceptors (Lipinski definition) is 5. The van der Waals surface area contributed by atoms with E-state index in [0.29, 0.717) is 6.04 Å². The lowest BCUT2D eigenvalue weighted by atomic mass is 9.96. The highest BCUT2D eigenvalue weighted by atomic mass is 32.2. The van der Waals surface area contributed by atoms with Crippen molar-refractivity contribution in [3.05, 3.63) is 5.82 Å². The number of thioether (sulfide) groups is 1. The fourth-order valence-corrected chi connectivity index (χ4v) is 2.97. The first-order valence-electron chi connectivity index (χ1n) is 6.01. The van der Waals surface area contributed by atoms with Crippen LogP contribution in [0.1, 0.15) is 40.4 Å². The molecule has 5 heteroatoms. The highest BCUT2D eigenvalue weighted by Gasteiger charge is 2.22. The molecule has 0 aliphatic rings. The van der Waals surface area contributed by atoms with Gasteiger partial charge in [-0.05, 0) is 12.7 Å². The Kier molecular flexibility index (Phi) is 5.25. The molecule has 1 aromatic rings. The number of rotatable bonds is 5. The van der Waals surface area contributed by atoms with Crippen LogP contribution in [0.2, 0.25) is 0 Å². The van der Waals surface area contributed by atoms with Gasteiger partial charge in [-0.25, -0.2) is 4.98 Å². The Morgan fingerprint density at radius 1 is 1.41 bits per heavy atom. The molecule has 0 bridgehead atoms. The van der Waals surface area contributed by atoms with Crippen molar-refractivity contribution in [1.29, 1.82) is 0 Å². The van der Waals surface area contributed by atoms with Crippen molar-refractivity contribution < 1.29 is 0 Å².